The van der Waals surface area contributed by atoms with Gasteiger partial charge in [-0.25, -0.2) is 0 Å². The molecule has 0 radical (unpaired) electrons. The zero-order chi connectivity index (χ0) is 17.8. The van der Waals surface area contributed by atoms with E-state index in [0.717, 1.165) is 15.8 Å². The maximum atomic E-state index is 12.5. The fourth-order valence-corrected chi connectivity index (χ4v) is 3.33. The third kappa shape index (κ3) is 4.03. The second-order valence-corrected chi connectivity index (χ2v) is 6.99. The number of aromatic nitrogens is 2. The first-order chi connectivity index (χ1) is 12.0. The van der Waals surface area contributed by atoms with Crippen LogP contribution in [0.3, 0.4) is 0 Å². The van der Waals surface area contributed by atoms with Gasteiger partial charge in [-0.15, -0.1) is 11.8 Å². The highest BCUT2D eigenvalue weighted by atomic mass is 32.2. The molecule has 3 rings (SSSR count). The number of amides is 1. The van der Waals surface area contributed by atoms with Crippen molar-refractivity contribution in [2.75, 3.05) is 5.32 Å². The molecule has 6 heteroatoms. The maximum absolute atomic E-state index is 12.5. The Morgan fingerprint density at radius 2 is 1.92 bits per heavy atom. The third-order valence-electron chi connectivity index (χ3n) is 3.72. The lowest BCUT2D eigenvalue weighted by atomic mass is 10.1. The first-order valence-electron chi connectivity index (χ1n) is 7.83. The molecule has 1 aromatic heterocycles. The lowest BCUT2D eigenvalue weighted by Crippen LogP contribution is -2.22. The van der Waals surface area contributed by atoms with Gasteiger partial charge in [0.25, 0.3) is 0 Å². The highest BCUT2D eigenvalue weighted by Crippen LogP contribution is 2.29. The molecular formula is C19H17N3O2S. The summed E-state index contributed by atoms with van der Waals surface area (Å²) in [5.74, 6) is -0.167. The summed E-state index contributed by atoms with van der Waals surface area (Å²) in [5.41, 5.74) is 1.99. The molecule has 0 aliphatic rings. The Morgan fingerprint density at radius 1 is 1.12 bits per heavy atom. The van der Waals surface area contributed by atoms with E-state index < -0.39 is 0 Å². The molecule has 0 unspecified atom stereocenters. The third-order valence-corrected chi connectivity index (χ3v) is 4.87. The van der Waals surface area contributed by atoms with Gasteiger partial charge < -0.3 is 5.32 Å². The maximum Gasteiger partial charge on any atom is 0.237 e. The van der Waals surface area contributed by atoms with Crippen LogP contribution < -0.4 is 5.32 Å². The minimum absolute atomic E-state index is 0.0344. The number of ketones is 1. The predicted octanol–water partition coefficient (Wildman–Crippen LogP) is 3.95. The molecule has 2 aromatic carbocycles. The van der Waals surface area contributed by atoms with Crippen LogP contribution in [0.1, 0.15) is 24.2 Å². The number of nitrogens with zero attached hydrogens (tertiary/aromatic N) is 2. The van der Waals surface area contributed by atoms with Crippen molar-refractivity contribution < 1.29 is 9.59 Å². The summed E-state index contributed by atoms with van der Waals surface area (Å²) >= 11 is 1.43. The molecule has 1 N–H and O–H groups in total. The lowest BCUT2D eigenvalue weighted by molar-refractivity contribution is -0.115. The molecule has 0 saturated heterocycles. The van der Waals surface area contributed by atoms with Crippen LogP contribution in [0.25, 0.3) is 10.9 Å². The summed E-state index contributed by atoms with van der Waals surface area (Å²) in [6.07, 6.45) is 1.67. The number of benzene rings is 2. The predicted molar refractivity (Wildman–Crippen MR) is 99.9 cm³/mol. The van der Waals surface area contributed by atoms with E-state index in [1.165, 1.54) is 18.7 Å². The number of carbonyl (C=O) groups excluding carboxylic acids is 2. The molecule has 1 amide bonds. The number of hydrogen-bond acceptors (Lipinski definition) is 5. The van der Waals surface area contributed by atoms with Crippen LogP contribution >= 0.6 is 11.8 Å². The van der Waals surface area contributed by atoms with Crippen LogP contribution in [0.2, 0.25) is 0 Å². The minimum Gasteiger partial charge on any atom is -0.325 e. The summed E-state index contributed by atoms with van der Waals surface area (Å²) in [4.78, 5) is 24.8. The van der Waals surface area contributed by atoms with Crippen LogP contribution in [0.15, 0.2) is 59.6 Å². The van der Waals surface area contributed by atoms with E-state index in [9.17, 15) is 9.59 Å². The number of thioether (sulfide) groups is 1. The van der Waals surface area contributed by atoms with Crippen molar-refractivity contribution >= 4 is 40.0 Å². The van der Waals surface area contributed by atoms with Crippen molar-refractivity contribution in [1.82, 2.24) is 10.2 Å². The lowest BCUT2D eigenvalue weighted by Gasteiger charge is -2.13. The quantitative estimate of drug-likeness (QED) is 0.556. The number of fused-ring (bicyclic) bond motifs is 1. The topological polar surface area (TPSA) is 72.0 Å². The van der Waals surface area contributed by atoms with E-state index >= 15 is 0 Å². The smallest absolute Gasteiger partial charge is 0.237 e. The van der Waals surface area contributed by atoms with Crippen LogP contribution in [0.5, 0.6) is 0 Å². The zero-order valence-corrected chi connectivity index (χ0v) is 14.7. The zero-order valence-electron chi connectivity index (χ0n) is 13.9. The normalized spacial score (nSPS) is 11.9. The van der Waals surface area contributed by atoms with E-state index in [1.807, 2.05) is 31.2 Å². The molecule has 5 nitrogen and oxygen atoms in total. The highest BCUT2D eigenvalue weighted by Gasteiger charge is 2.17. The Balaban J connectivity index is 1.74. The summed E-state index contributed by atoms with van der Waals surface area (Å²) in [5, 5.41) is 11.6. The fourth-order valence-electron chi connectivity index (χ4n) is 2.38. The molecule has 1 atom stereocenters. The van der Waals surface area contributed by atoms with E-state index in [2.05, 4.69) is 15.5 Å². The second kappa shape index (κ2) is 7.44. The number of hydrogen-bond donors (Lipinski definition) is 1. The monoisotopic (exact) mass is 351 g/mol. The Labute approximate surface area is 149 Å². The van der Waals surface area contributed by atoms with E-state index in [-0.39, 0.29) is 16.9 Å². The van der Waals surface area contributed by atoms with Crippen LogP contribution in [-0.4, -0.2) is 27.1 Å². The van der Waals surface area contributed by atoms with Gasteiger partial charge in [0.1, 0.15) is 0 Å². The average molecular weight is 351 g/mol. The SMILES string of the molecule is CC(=O)c1cccc(NC(=O)[C@H](C)Sc2cnnc3ccccc23)c1. The van der Waals surface area contributed by atoms with E-state index in [1.54, 1.807) is 30.5 Å². The van der Waals surface area contributed by atoms with Crippen LogP contribution in [0.4, 0.5) is 5.69 Å². The fraction of sp³-hybridized carbons (Fsp3) is 0.158. The van der Waals surface area contributed by atoms with Gasteiger partial charge in [0.05, 0.1) is 17.0 Å². The van der Waals surface area contributed by atoms with Gasteiger partial charge in [-0.2, -0.15) is 10.2 Å². The first-order valence-corrected chi connectivity index (χ1v) is 8.71. The van der Waals surface area contributed by atoms with Gasteiger partial charge in [-0.1, -0.05) is 30.3 Å². The minimum atomic E-state index is -0.325. The number of carbonyl (C=O) groups is 2. The van der Waals surface area contributed by atoms with Crippen molar-refractivity contribution in [1.29, 1.82) is 0 Å². The van der Waals surface area contributed by atoms with Gasteiger partial charge >= 0.3 is 0 Å². The molecule has 3 aromatic rings. The summed E-state index contributed by atoms with van der Waals surface area (Å²) in [7, 11) is 0. The van der Waals surface area contributed by atoms with Crippen molar-refractivity contribution in [3.05, 3.63) is 60.3 Å². The molecule has 0 spiro atoms. The van der Waals surface area contributed by atoms with Gasteiger partial charge in [0, 0.05) is 21.5 Å². The standard InChI is InChI=1S/C19H17N3O2S/c1-12(23)14-6-5-7-15(10-14)21-19(24)13(2)25-18-11-20-22-17-9-4-3-8-16(17)18/h3-11,13H,1-2H3,(H,21,24)/t13-/m0/s1. The van der Waals surface area contributed by atoms with Crippen molar-refractivity contribution in [2.24, 2.45) is 0 Å². The molecular weight excluding hydrogens is 334 g/mol. The van der Waals surface area contributed by atoms with Crippen molar-refractivity contribution in [3.63, 3.8) is 0 Å². The number of nitrogens with one attached hydrogen (secondary N) is 1. The first kappa shape index (κ1) is 17.1. The Kier molecular flexibility index (Phi) is 5.09. The molecule has 126 valence electrons. The van der Waals surface area contributed by atoms with Gasteiger partial charge in [-0.3, -0.25) is 9.59 Å². The molecule has 0 bridgehead atoms. The number of rotatable bonds is 5. The van der Waals surface area contributed by atoms with E-state index in [4.69, 9.17) is 0 Å². The molecule has 0 aliphatic carbocycles. The largest absolute Gasteiger partial charge is 0.325 e. The highest BCUT2D eigenvalue weighted by molar-refractivity contribution is 8.00. The summed E-state index contributed by atoms with van der Waals surface area (Å²) in [6.45, 7) is 3.34. The number of anilines is 1. The van der Waals surface area contributed by atoms with E-state index in [0.29, 0.717) is 11.3 Å². The summed E-state index contributed by atoms with van der Waals surface area (Å²) in [6, 6.07) is 14.6. The second-order valence-electron chi connectivity index (χ2n) is 5.61. The Hall–Kier alpha value is -2.73. The van der Waals surface area contributed by atoms with Gasteiger partial charge in [0.2, 0.25) is 5.91 Å². The number of Topliss-reactive ketones (excluding diaryl/α,β-unsaturated/α-hetero) is 1. The van der Waals surface area contributed by atoms with Gasteiger partial charge in [-0.05, 0) is 32.0 Å². The molecule has 0 fully saturated rings. The Bertz CT molecular complexity index is 937. The average Bonchev–Trinajstić information content (AvgIpc) is 2.62. The molecule has 25 heavy (non-hydrogen) atoms. The molecule has 0 aliphatic heterocycles. The van der Waals surface area contributed by atoms with Crippen LogP contribution in [0, 0.1) is 0 Å². The molecule has 0 saturated carbocycles. The van der Waals surface area contributed by atoms with Crippen molar-refractivity contribution in [2.45, 2.75) is 24.0 Å². The van der Waals surface area contributed by atoms with Crippen molar-refractivity contribution in [3.8, 4) is 0 Å². The van der Waals surface area contributed by atoms with Gasteiger partial charge in [0.15, 0.2) is 5.78 Å². The summed E-state index contributed by atoms with van der Waals surface area (Å²) < 4.78 is 0. The Morgan fingerprint density at radius 3 is 2.72 bits per heavy atom. The molecule has 1 heterocycles. The van der Waals surface area contributed by atoms with Crippen LogP contribution in [-0.2, 0) is 4.79 Å².